The highest BCUT2D eigenvalue weighted by molar-refractivity contribution is 6.08. The quantitative estimate of drug-likeness (QED) is 0.563. The summed E-state index contributed by atoms with van der Waals surface area (Å²) in [6.07, 6.45) is 2.17. The van der Waals surface area contributed by atoms with Gasteiger partial charge in [0.15, 0.2) is 0 Å². The Hall–Kier alpha value is -2.36. The van der Waals surface area contributed by atoms with E-state index in [0.29, 0.717) is 12.2 Å². The van der Waals surface area contributed by atoms with Gasteiger partial charge < -0.3 is 9.72 Å². The number of fused-ring (bicyclic) bond motifs is 3. The summed E-state index contributed by atoms with van der Waals surface area (Å²) in [4.78, 5) is 18.9. The van der Waals surface area contributed by atoms with Gasteiger partial charge in [-0.2, -0.15) is 0 Å². The molecule has 2 heterocycles. The van der Waals surface area contributed by atoms with Crippen LogP contribution >= 0.6 is 0 Å². The molecule has 0 fully saturated rings. The molecular formula is C15H14N2O2. The molecule has 0 saturated heterocycles. The van der Waals surface area contributed by atoms with Gasteiger partial charge in [-0.1, -0.05) is 6.92 Å². The number of esters is 1. The summed E-state index contributed by atoms with van der Waals surface area (Å²) in [6, 6.07) is 7.62. The van der Waals surface area contributed by atoms with E-state index in [4.69, 9.17) is 4.74 Å². The first-order valence-corrected chi connectivity index (χ1v) is 6.26. The first-order chi connectivity index (χ1) is 9.19. The second kappa shape index (κ2) is 4.39. The van der Waals surface area contributed by atoms with E-state index in [1.54, 1.807) is 13.1 Å². The van der Waals surface area contributed by atoms with Crippen LogP contribution in [0.25, 0.3) is 21.8 Å². The summed E-state index contributed by atoms with van der Waals surface area (Å²) in [7, 11) is 0. The van der Waals surface area contributed by atoms with Crippen LogP contribution in [0.1, 0.15) is 19.0 Å². The number of hydrogen-bond donors (Lipinski definition) is 1. The number of aromatic nitrogens is 2. The molecule has 19 heavy (non-hydrogen) atoms. The molecule has 0 spiro atoms. The van der Waals surface area contributed by atoms with Crippen LogP contribution in [0, 0.1) is 6.92 Å². The lowest BCUT2D eigenvalue weighted by Gasteiger charge is -2.02. The number of aromatic amines is 1. The van der Waals surface area contributed by atoms with Gasteiger partial charge in [0.25, 0.3) is 0 Å². The summed E-state index contributed by atoms with van der Waals surface area (Å²) in [5, 5.41) is 2.24. The van der Waals surface area contributed by atoms with Crippen LogP contribution in [0.2, 0.25) is 0 Å². The van der Waals surface area contributed by atoms with Crippen molar-refractivity contribution in [2.75, 3.05) is 0 Å². The van der Waals surface area contributed by atoms with Gasteiger partial charge in [0, 0.05) is 29.5 Å². The van der Waals surface area contributed by atoms with Gasteiger partial charge in [-0.25, -0.2) is 0 Å². The number of hydrogen-bond acceptors (Lipinski definition) is 3. The van der Waals surface area contributed by atoms with Crippen LogP contribution < -0.4 is 4.74 Å². The summed E-state index contributed by atoms with van der Waals surface area (Å²) in [6.45, 7) is 3.74. The number of carbonyl (C=O) groups is 1. The third-order valence-electron chi connectivity index (χ3n) is 3.20. The predicted octanol–water partition coefficient (Wildman–Crippen LogP) is 3.34. The van der Waals surface area contributed by atoms with Crippen molar-refractivity contribution in [1.82, 2.24) is 9.97 Å². The normalized spacial score (nSPS) is 11.1. The van der Waals surface area contributed by atoms with Crippen molar-refractivity contribution in [3.63, 3.8) is 0 Å². The van der Waals surface area contributed by atoms with Crippen molar-refractivity contribution in [1.29, 1.82) is 0 Å². The van der Waals surface area contributed by atoms with Gasteiger partial charge >= 0.3 is 5.97 Å². The van der Waals surface area contributed by atoms with Crippen LogP contribution in [0.5, 0.6) is 5.75 Å². The molecule has 0 atom stereocenters. The Labute approximate surface area is 110 Å². The third kappa shape index (κ3) is 1.95. The van der Waals surface area contributed by atoms with E-state index in [2.05, 4.69) is 9.97 Å². The van der Waals surface area contributed by atoms with E-state index in [1.165, 1.54) is 0 Å². The van der Waals surface area contributed by atoms with Gasteiger partial charge in [0.05, 0.1) is 16.7 Å². The van der Waals surface area contributed by atoms with Crippen molar-refractivity contribution >= 4 is 27.8 Å². The van der Waals surface area contributed by atoms with Crippen LogP contribution in [-0.2, 0) is 4.79 Å². The van der Waals surface area contributed by atoms with E-state index in [1.807, 2.05) is 31.2 Å². The minimum Gasteiger partial charge on any atom is -0.426 e. The Morgan fingerprint density at radius 2 is 2.16 bits per heavy atom. The van der Waals surface area contributed by atoms with E-state index >= 15 is 0 Å². The van der Waals surface area contributed by atoms with Crippen molar-refractivity contribution in [3.8, 4) is 5.75 Å². The molecule has 1 N–H and O–H groups in total. The molecule has 1 aromatic carbocycles. The predicted molar refractivity (Wildman–Crippen MR) is 74.3 cm³/mol. The second-order valence-corrected chi connectivity index (χ2v) is 4.48. The first-order valence-electron chi connectivity index (χ1n) is 6.26. The minimum atomic E-state index is -0.228. The van der Waals surface area contributed by atoms with Gasteiger partial charge in [0.1, 0.15) is 5.75 Å². The molecule has 4 nitrogen and oxygen atoms in total. The van der Waals surface area contributed by atoms with Gasteiger partial charge in [-0.15, -0.1) is 0 Å². The largest absolute Gasteiger partial charge is 0.426 e. The fraction of sp³-hybridized carbons (Fsp3) is 0.200. The van der Waals surface area contributed by atoms with Gasteiger partial charge in [-0.3, -0.25) is 9.78 Å². The lowest BCUT2D eigenvalue weighted by molar-refractivity contribution is -0.134. The lowest BCUT2D eigenvalue weighted by atomic mass is 10.1. The Morgan fingerprint density at radius 1 is 1.32 bits per heavy atom. The first kappa shape index (κ1) is 11.7. The number of H-pyrrole nitrogens is 1. The second-order valence-electron chi connectivity index (χ2n) is 4.48. The summed E-state index contributed by atoms with van der Waals surface area (Å²) in [5.74, 6) is 0.338. The lowest BCUT2D eigenvalue weighted by Crippen LogP contribution is -2.05. The fourth-order valence-electron chi connectivity index (χ4n) is 2.21. The zero-order valence-electron chi connectivity index (χ0n) is 10.9. The monoisotopic (exact) mass is 254 g/mol. The third-order valence-corrected chi connectivity index (χ3v) is 3.20. The van der Waals surface area contributed by atoms with Crippen LogP contribution in [0.4, 0.5) is 0 Å². The molecule has 4 heteroatoms. The maximum Gasteiger partial charge on any atom is 0.310 e. The van der Waals surface area contributed by atoms with Crippen molar-refractivity contribution in [2.24, 2.45) is 0 Å². The van der Waals surface area contributed by atoms with Crippen molar-refractivity contribution < 1.29 is 9.53 Å². The van der Waals surface area contributed by atoms with Gasteiger partial charge in [-0.05, 0) is 25.1 Å². The average Bonchev–Trinajstić information content (AvgIpc) is 2.78. The highest BCUT2D eigenvalue weighted by Crippen LogP contribution is 2.29. The molecule has 2 aromatic heterocycles. The highest BCUT2D eigenvalue weighted by Gasteiger charge is 2.08. The maximum absolute atomic E-state index is 11.3. The number of carbonyl (C=O) groups excluding carboxylic acids is 1. The average molecular weight is 254 g/mol. The topological polar surface area (TPSA) is 55.0 Å². The summed E-state index contributed by atoms with van der Waals surface area (Å²) >= 11 is 0. The molecule has 3 rings (SSSR count). The van der Waals surface area contributed by atoms with Crippen molar-refractivity contribution in [2.45, 2.75) is 20.3 Å². The SMILES string of the molecule is CCC(=O)Oc1ccc2c(c1)[nH]c1c(C)nccc12. The molecule has 96 valence electrons. The van der Waals surface area contributed by atoms with E-state index in [-0.39, 0.29) is 5.97 Å². The number of nitrogens with one attached hydrogen (secondary N) is 1. The number of benzene rings is 1. The molecule has 0 aliphatic carbocycles. The molecule has 3 aromatic rings. The molecular weight excluding hydrogens is 240 g/mol. The Kier molecular flexibility index (Phi) is 2.71. The molecule has 0 unspecified atom stereocenters. The van der Waals surface area contributed by atoms with Crippen molar-refractivity contribution in [3.05, 3.63) is 36.2 Å². The Bertz CT molecular complexity index is 774. The molecule has 0 bridgehead atoms. The zero-order valence-corrected chi connectivity index (χ0v) is 10.9. The van der Waals surface area contributed by atoms with Crippen LogP contribution in [0.15, 0.2) is 30.5 Å². The molecule has 0 saturated carbocycles. The fourth-order valence-corrected chi connectivity index (χ4v) is 2.21. The molecule has 0 amide bonds. The summed E-state index contributed by atoms with van der Waals surface area (Å²) < 4.78 is 5.22. The summed E-state index contributed by atoms with van der Waals surface area (Å²) in [5.41, 5.74) is 2.93. The smallest absolute Gasteiger partial charge is 0.310 e. The van der Waals surface area contributed by atoms with Crippen LogP contribution in [-0.4, -0.2) is 15.9 Å². The van der Waals surface area contributed by atoms with E-state index in [9.17, 15) is 4.79 Å². The van der Waals surface area contributed by atoms with Crippen LogP contribution in [0.3, 0.4) is 0 Å². The highest BCUT2D eigenvalue weighted by atomic mass is 16.5. The molecule has 0 aliphatic heterocycles. The Balaban J connectivity index is 2.16. The van der Waals surface area contributed by atoms with E-state index in [0.717, 1.165) is 27.5 Å². The number of nitrogens with zero attached hydrogens (tertiary/aromatic N) is 1. The standard InChI is InChI=1S/C15H14N2O2/c1-3-14(18)19-10-4-5-11-12-6-7-16-9(2)15(12)17-13(11)8-10/h4-8,17H,3H2,1-2H3. The number of aryl methyl sites for hydroxylation is 1. The zero-order chi connectivity index (χ0) is 13.4. The molecule has 0 aliphatic rings. The minimum absolute atomic E-state index is 0.228. The maximum atomic E-state index is 11.3. The molecule has 0 radical (unpaired) electrons. The Morgan fingerprint density at radius 3 is 2.95 bits per heavy atom. The van der Waals surface area contributed by atoms with E-state index < -0.39 is 0 Å². The number of pyridine rings is 1. The van der Waals surface area contributed by atoms with Gasteiger partial charge in [0.2, 0.25) is 0 Å². The number of ether oxygens (including phenoxy) is 1. The number of rotatable bonds is 2.